The monoisotopic (exact) mass is 514 g/mol. The molecule has 2 unspecified atom stereocenters. The SMILES string of the molecule is COC1(OC)C=CC(CC(C(=O)C(CC2=CCC(OC)(OC)C=C2)c2ccccc2)c2ccccc2)=CC1. The van der Waals surface area contributed by atoms with Gasteiger partial charge in [-0.2, -0.15) is 0 Å². The van der Waals surface area contributed by atoms with Crippen molar-refractivity contribution in [2.45, 2.75) is 49.1 Å². The van der Waals surface area contributed by atoms with E-state index in [1.54, 1.807) is 28.4 Å². The molecule has 200 valence electrons. The molecule has 0 bridgehead atoms. The van der Waals surface area contributed by atoms with E-state index in [0.29, 0.717) is 25.7 Å². The van der Waals surface area contributed by atoms with E-state index in [4.69, 9.17) is 18.9 Å². The van der Waals surface area contributed by atoms with Gasteiger partial charge in [-0.25, -0.2) is 0 Å². The normalized spacial score (nSPS) is 19.4. The maximum atomic E-state index is 14.5. The van der Waals surface area contributed by atoms with E-state index >= 15 is 0 Å². The Morgan fingerprint density at radius 2 is 1.03 bits per heavy atom. The van der Waals surface area contributed by atoms with Crippen molar-refractivity contribution in [3.63, 3.8) is 0 Å². The van der Waals surface area contributed by atoms with Crippen LogP contribution in [0.3, 0.4) is 0 Å². The minimum atomic E-state index is -0.748. The van der Waals surface area contributed by atoms with Crippen molar-refractivity contribution in [3.8, 4) is 0 Å². The molecule has 0 saturated heterocycles. The van der Waals surface area contributed by atoms with Crippen LogP contribution in [-0.2, 0) is 23.7 Å². The molecule has 0 radical (unpaired) electrons. The van der Waals surface area contributed by atoms with Crippen LogP contribution in [0.2, 0.25) is 0 Å². The summed E-state index contributed by atoms with van der Waals surface area (Å²) >= 11 is 0. The number of methoxy groups -OCH3 is 4. The van der Waals surface area contributed by atoms with E-state index in [-0.39, 0.29) is 17.6 Å². The second-order valence-corrected chi connectivity index (χ2v) is 9.81. The van der Waals surface area contributed by atoms with Crippen LogP contribution in [0.15, 0.2) is 108 Å². The molecular weight excluding hydrogens is 476 g/mol. The van der Waals surface area contributed by atoms with Crippen molar-refractivity contribution in [3.05, 3.63) is 119 Å². The Kier molecular flexibility index (Phi) is 9.29. The number of ketones is 1. The van der Waals surface area contributed by atoms with Gasteiger partial charge in [0.2, 0.25) is 0 Å². The summed E-state index contributed by atoms with van der Waals surface area (Å²) in [6, 6.07) is 20.2. The van der Waals surface area contributed by atoms with Crippen molar-refractivity contribution in [2.75, 3.05) is 28.4 Å². The number of benzene rings is 2. The number of Topliss-reactive ketones (excluding diaryl/α,β-unsaturated/α-hetero) is 1. The van der Waals surface area contributed by atoms with Crippen LogP contribution < -0.4 is 0 Å². The smallest absolute Gasteiger partial charge is 0.190 e. The predicted molar refractivity (Wildman–Crippen MR) is 150 cm³/mol. The zero-order valence-corrected chi connectivity index (χ0v) is 22.8. The Hall–Kier alpha value is -3.09. The third kappa shape index (κ3) is 6.30. The number of carbonyl (C=O) groups excluding carboxylic acids is 1. The summed E-state index contributed by atoms with van der Waals surface area (Å²) in [6.45, 7) is 0. The van der Waals surface area contributed by atoms with E-state index in [9.17, 15) is 4.79 Å². The first-order valence-corrected chi connectivity index (χ1v) is 13.1. The molecule has 0 N–H and O–H groups in total. The Labute approximate surface area is 226 Å². The number of rotatable bonds is 12. The summed E-state index contributed by atoms with van der Waals surface area (Å²) in [4.78, 5) is 14.5. The molecule has 38 heavy (non-hydrogen) atoms. The molecule has 0 aromatic heterocycles. The van der Waals surface area contributed by atoms with Gasteiger partial charge in [-0.3, -0.25) is 4.79 Å². The highest BCUT2D eigenvalue weighted by molar-refractivity contribution is 5.92. The van der Waals surface area contributed by atoms with E-state index in [0.717, 1.165) is 22.3 Å². The average molecular weight is 515 g/mol. The quantitative estimate of drug-likeness (QED) is 0.297. The van der Waals surface area contributed by atoms with Crippen LogP contribution in [0, 0.1) is 0 Å². The highest BCUT2D eigenvalue weighted by Gasteiger charge is 2.34. The summed E-state index contributed by atoms with van der Waals surface area (Å²) in [7, 11) is 6.58. The van der Waals surface area contributed by atoms with E-state index in [2.05, 4.69) is 36.4 Å². The minimum absolute atomic E-state index is 0.205. The van der Waals surface area contributed by atoms with E-state index in [1.807, 2.05) is 60.7 Å². The summed E-state index contributed by atoms with van der Waals surface area (Å²) in [5, 5.41) is 0. The highest BCUT2D eigenvalue weighted by atomic mass is 16.7. The molecule has 2 aliphatic carbocycles. The van der Waals surface area contributed by atoms with E-state index < -0.39 is 11.6 Å². The summed E-state index contributed by atoms with van der Waals surface area (Å²) in [5.74, 6) is -1.87. The lowest BCUT2D eigenvalue weighted by molar-refractivity contribution is -0.168. The fraction of sp³-hybridized carbons (Fsp3) is 0.364. The molecule has 0 saturated carbocycles. The van der Waals surface area contributed by atoms with Crippen LogP contribution in [0.4, 0.5) is 0 Å². The van der Waals surface area contributed by atoms with Crippen LogP contribution >= 0.6 is 0 Å². The standard InChI is InChI=1S/C33H38O5/c1-35-32(36-2)19-15-25(16-20-32)23-29(27-11-7-5-8-12-27)31(34)30(28-13-9-6-10-14-28)24-26-17-21-33(37-3,38-4)22-18-26/h5-19,21,29-30H,20,22-24H2,1-4H3. The lowest BCUT2D eigenvalue weighted by Gasteiger charge is -2.31. The third-order valence-electron chi connectivity index (χ3n) is 7.75. The maximum Gasteiger partial charge on any atom is 0.190 e. The first-order valence-electron chi connectivity index (χ1n) is 13.1. The summed E-state index contributed by atoms with van der Waals surface area (Å²) in [6.07, 6.45) is 14.6. The topological polar surface area (TPSA) is 54.0 Å². The zero-order chi connectivity index (χ0) is 27.0. The van der Waals surface area contributed by atoms with Crippen LogP contribution in [-0.4, -0.2) is 45.8 Å². The molecule has 2 aromatic carbocycles. The Balaban J connectivity index is 1.64. The average Bonchev–Trinajstić information content (AvgIpc) is 3.00. The van der Waals surface area contributed by atoms with Gasteiger partial charge >= 0.3 is 0 Å². The molecule has 4 rings (SSSR count). The lowest BCUT2D eigenvalue weighted by atomic mass is 9.77. The fourth-order valence-electron chi connectivity index (χ4n) is 5.21. The third-order valence-corrected chi connectivity index (χ3v) is 7.75. The zero-order valence-electron chi connectivity index (χ0n) is 22.8. The van der Waals surface area contributed by atoms with Crippen molar-refractivity contribution in [2.24, 2.45) is 0 Å². The summed E-state index contributed by atoms with van der Waals surface area (Å²) in [5.41, 5.74) is 4.25. The molecule has 0 aliphatic heterocycles. The largest absolute Gasteiger partial charge is 0.349 e. The first kappa shape index (κ1) is 27.9. The Bertz CT molecular complexity index is 1090. The predicted octanol–water partition coefficient (Wildman–Crippen LogP) is 6.65. The molecule has 5 heteroatoms. The number of allylic oxidation sites excluding steroid dienone is 4. The lowest BCUT2D eigenvalue weighted by Crippen LogP contribution is -2.32. The number of hydrogen-bond donors (Lipinski definition) is 0. The second-order valence-electron chi connectivity index (χ2n) is 9.81. The van der Waals surface area contributed by atoms with Crippen LogP contribution in [0.1, 0.15) is 48.6 Å². The van der Waals surface area contributed by atoms with Gasteiger partial charge in [0.1, 0.15) is 5.78 Å². The van der Waals surface area contributed by atoms with Crippen molar-refractivity contribution in [1.29, 1.82) is 0 Å². The molecular formula is C33H38O5. The van der Waals surface area contributed by atoms with Crippen molar-refractivity contribution < 1.29 is 23.7 Å². The van der Waals surface area contributed by atoms with Gasteiger partial charge < -0.3 is 18.9 Å². The minimum Gasteiger partial charge on any atom is -0.349 e. The van der Waals surface area contributed by atoms with Gasteiger partial charge in [0.25, 0.3) is 0 Å². The molecule has 2 aliphatic rings. The first-order chi connectivity index (χ1) is 18.5. The van der Waals surface area contributed by atoms with Gasteiger partial charge in [0, 0.05) is 53.1 Å². The molecule has 0 spiro atoms. The van der Waals surface area contributed by atoms with Gasteiger partial charge in [0.05, 0.1) is 0 Å². The molecule has 0 amide bonds. The van der Waals surface area contributed by atoms with Gasteiger partial charge in [-0.05, 0) is 36.1 Å². The molecule has 0 fully saturated rings. The number of carbonyl (C=O) groups is 1. The van der Waals surface area contributed by atoms with E-state index in [1.165, 1.54) is 0 Å². The highest BCUT2D eigenvalue weighted by Crippen LogP contribution is 2.38. The molecule has 2 aromatic rings. The van der Waals surface area contributed by atoms with Gasteiger partial charge in [-0.15, -0.1) is 0 Å². The maximum absolute atomic E-state index is 14.5. The number of hydrogen-bond acceptors (Lipinski definition) is 5. The molecule has 0 heterocycles. The molecule has 5 nitrogen and oxygen atoms in total. The Morgan fingerprint density at radius 1 is 0.658 bits per heavy atom. The van der Waals surface area contributed by atoms with Gasteiger partial charge in [0.15, 0.2) is 11.6 Å². The van der Waals surface area contributed by atoms with Crippen molar-refractivity contribution >= 4 is 5.78 Å². The van der Waals surface area contributed by atoms with Gasteiger partial charge in [-0.1, -0.05) is 96.1 Å². The van der Waals surface area contributed by atoms with Crippen LogP contribution in [0.5, 0.6) is 0 Å². The van der Waals surface area contributed by atoms with Crippen molar-refractivity contribution in [1.82, 2.24) is 0 Å². The molecule has 2 atom stereocenters. The van der Waals surface area contributed by atoms with Crippen LogP contribution in [0.25, 0.3) is 0 Å². The fourth-order valence-corrected chi connectivity index (χ4v) is 5.21. The second kappa shape index (κ2) is 12.6. The summed E-state index contributed by atoms with van der Waals surface area (Å²) < 4.78 is 22.3. The number of ether oxygens (including phenoxy) is 4. The Morgan fingerprint density at radius 3 is 1.32 bits per heavy atom.